The molecule has 0 bridgehead atoms. The van der Waals surface area contributed by atoms with E-state index in [1.54, 1.807) is 54.6 Å². The van der Waals surface area contributed by atoms with E-state index in [0.717, 1.165) is 0 Å². The largest absolute Gasteiger partial charge is 0.494 e. The molecule has 0 aliphatic heterocycles. The van der Waals surface area contributed by atoms with E-state index in [1.807, 2.05) is 6.92 Å². The van der Waals surface area contributed by atoms with Crippen molar-refractivity contribution in [1.29, 1.82) is 0 Å². The van der Waals surface area contributed by atoms with Crippen LogP contribution in [0.5, 0.6) is 5.75 Å². The van der Waals surface area contributed by atoms with Crippen LogP contribution in [0.25, 0.3) is 0 Å². The van der Waals surface area contributed by atoms with E-state index in [-0.39, 0.29) is 5.56 Å². The molecule has 0 saturated heterocycles. The molecule has 0 aliphatic carbocycles. The molecule has 0 unspecified atom stereocenters. The number of esters is 1. The van der Waals surface area contributed by atoms with Crippen molar-refractivity contribution in [3.63, 3.8) is 0 Å². The normalized spacial score (nSPS) is 11.2. The molecule has 7 nitrogen and oxygen atoms in total. The average Bonchev–Trinajstić information content (AvgIpc) is 2.67. The summed E-state index contributed by atoms with van der Waals surface area (Å²) in [7, 11) is 1.38. The maximum absolute atomic E-state index is 12.4. The Morgan fingerprint density at radius 3 is 2.23 bits per heavy atom. The molecule has 136 valence electrons. The number of amides is 3. The number of urea groups is 1. The number of imide groups is 1. The first-order chi connectivity index (χ1) is 12.5. The van der Waals surface area contributed by atoms with Gasteiger partial charge in [-0.3, -0.25) is 10.1 Å². The average molecular weight is 356 g/mol. The van der Waals surface area contributed by atoms with Gasteiger partial charge < -0.3 is 14.8 Å². The van der Waals surface area contributed by atoms with E-state index in [4.69, 9.17) is 9.47 Å². The van der Waals surface area contributed by atoms with Gasteiger partial charge in [-0.15, -0.1) is 0 Å². The van der Waals surface area contributed by atoms with Gasteiger partial charge in [0.15, 0.2) is 0 Å². The van der Waals surface area contributed by atoms with E-state index in [2.05, 4.69) is 10.6 Å². The van der Waals surface area contributed by atoms with Crippen LogP contribution in [-0.2, 0) is 9.53 Å². The summed E-state index contributed by atoms with van der Waals surface area (Å²) in [5.41, 5.74) is 0.718. The summed E-state index contributed by atoms with van der Waals surface area (Å²) in [4.78, 5) is 36.2. The van der Waals surface area contributed by atoms with Gasteiger partial charge >= 0.3 is 12.0 Å². The van der Waals surface area contributed by atoms with Crippen molar-refractivity contribution in [3.05, 3.63) is 65.7 Å². The molecule has 1 atom stereocenters. The zero-order valence-corrected chi connectivity index (χ0v) is 14.5. The lowest BCUT2D eigenvalue weighted by Crippen LogP contribution is -2.41. The minimum atomic E-state index is -1.26. The highest BCUT2D eigenvalue weighted by Gasteiger charge is 2.26. The summed E-state index contributed by atoms with van der Waals surface area (Å²) in [6, 6.07) is 14.2. The highest BCUT2D eigenvalue weighted by Crippen LogP contribution is 2.20. The first-order valence-electron chi connectivity index (χ1n) is 8.06. The minimum absolute atomic E-state index is 0.266. The van der Waals surface area contributed by atoms with Crippen LogP contribution < -0.4 is 15.4 Å². The van der Waals surface area contributed by atoms with Crippen LogP contribution in [0.2, 0.25) is 0 Å². The van der Waals surface area contributed by atoms with Crippen LogP contribution in [-0.4, -0.2) is 31.6 Å². The predicted octanol–water partition coefficient (Wildman–Crippen LogP) is 2.44. The Morgan fingerprint density at radius 2 is 1.65 bits per heavy atom. The topological polar surface area (TPSA) is 93.7 Å². The Hall–Kier alpha value is -3.35. The lowest BCUT2D eigenvalue weighted by atomic mass is 10.1. The standard InChI is InChI=1S/C19H20N2O5/c1-3-25-15-11-9-14(10-12-15)18(23)26-16(13-7-5-4-6-8-13)17(22)21-19(24)20-2/h4-12,16H,3H2,1-2H3,(H2,20,21,22,24)/t16-/m0/s1. The van der Waals surface area contributed by atoms with Crippen LogP contribution in [0.1, 0.15) is 28.9 Å². The molecule has 2 aromatic rings. The minimum Gasteiger partial charge on any atom is -0.494 e. The second-order valence-electron chi connectivity index (χ2n) is 5.22. The summed E-state index contributed by atoms with van der Waals surface area (Å²) in [5.74, 6) is -0.801. The van der Waals surface area contributed by atoms with E-state index in [9.17, 15) is 14.4 Å². The molecule has 0 saturated carbocycles. The third-order valence-corrected chi connectivity index (χ3v) is 3.43. The Bertz CT molecular complexity index is 759. The van der Waals surface area contributed by atoms with Gasteiger partial charge in [0.1, 0.15) is 5.75 Å². The monoisotopic (exact) mass is 356 g/mol. The van der Waals surface area contributed by atoms with Crippen molar-refractivity contribution in [1.82, 2.24) is 10.6 Å². The van der Waals surface area contributed by atoms with Crippen LogP contribution in [0.4, 0.5) is 4.79 Å². The zero-order chi connectivity index (χ0) is 18.9. The highest BCUT2D eigenvalue weighted by atomic mass is 16.5. The third-order valence-electron chi connectivity index (χ3n) is 3.43. The van der Waals surface area contributed by atoms with Crippen molar-refractivity contribution in [2.75, 3.05) is 13.7 Å². The Balaban J connectivity index is 2.18. The summed E-state index contributed by atoms with van der Waals surface area (Å²) < 4.78 is 10.7. The van der Waals surface area contributed by atoms with Gasteiger partial charge in [-0.05, 0) is 31.2 Å². The summed E-state index contributed by atoms with van der Waals surface area (Å²) in [5, 5.41) is 4.40. The predicted molar refractivity (Wildman–Crippen MR) is 94.8 cm³/mol. The molecule has 2 rings (SSSR count). The number of hydrogen-bond donors (Lipinski definition) is 2. The van der Waals surface area contributed by atoms with E-state index in [1.165, 1.54) is 7.05 Å². The van der Waals surface area contributed by atoms with Crippen LogP contribution in [0, 0.1) is 0 Å². The smallest absolute Gasteiger partial charge is 0.339 e. The van der Waals surface area contributed by atoms with E-state index < -0.39 is 24.0 Å². The fourth-order valence-electron chi connectivity index (χ4n) is 2.17. The van der Waals surface area contributed by atoms with Gasteiger partial charge in [-0.1, -0.05) is 30.3 Å². The highest BCUT2D eigenvalue weighted by molar-refractivity contribution is 5.99. The lowest BCUT2D eigenvalue weighted by Gasteiger charge is -2.17. The molecule has 0 fully saturated rings. The molecular formula is C19H20N2O5. The number of rotatable bonds is 6. The van der Waals surface area contributed by atoms with Gasteiger partial charge in [0.2, 0.25) is 6.10 Å². The van der Waals surface area contributed by atoms with Crippen molar-refractivity contribution < 1.29 is 23.9 Å². The van der Waals surface area contributed by atoms with E-state index in [0.29, 0.717) is 17.9 Å². The maximum atomic E-state index is 12.4. The Kier molecular flexibility index (Phi) is 6.73. The molecule has 0 heterocycles. The van der Waals surface area contributed by atoms with Gasteiger partial charge in [0.05, 0.1) is 12.2 Å². The number of hydrogen-bond acceptors (Lipinski definition) is 5. The van der Waals surface area contributed by atoms with Crippen molar-refractivity contribution in [2.24, 2.45) is 0 Å². The molecule has 0 radical (unpaired) electrons. The van der Waals surface area contributed by atoms with Crippen LogP contribution >= 0.6 is 0 Å². The molecule has 2 aromatic carbocycles. The van der Waals surface area contributed by atoms with Gasteiger partial charge in [-0.25, -0.2) is 9.59 Å². The number of nitrogens with one attached hydrogen (secondary N) is 2. The van der Waals surface area contributed by atoms with Crippen molar-refractivity contribution in [3.8, 4) is 5.75 Å². The molecule has 3 amide bonds. The SMILES string of the molecule is CCOc1ccc(C(=O)O[C@H](C(=O)NC(=O)NC)c2ccccc2)cc1. The fraction of sp³-hybridized carbons (Fsp3) is 0.211. The summed E-state index contributed by atoms with van der Waals surface area (Å²) in [6.45, 7) is 2.37. The lowest BCUT2D eigenvalue weighted by molar-refractivity contribution is -0.129. The maximum Gasteiger partial charge on any atom is 0.339 e. The number of carbonyl (C=O) groups is 3. The fourth-order valence-corrected chi connectivity index (χ4v) is 2.17. The molecular weight excluding hydrogens is 336 g/mol. The van der Waals surface area contributed by atoms with Crippen LogP contribution in [0.15, 0.2) is 54.6 Å². The molecule has 7 heteroatoms. The van der Waals surface area contributed by atoms with Gasteiger partial charge in [0.25, 0.3) is 5.91 Å². The second kappa shape index (κ2) is 9.22. The summed E-state index contributed by atoms with van der Waals surface area (Å²) >= 11 is 0. The zero-order valence-electron chi connectivity index (χ0n) is 14.5. The van der Waals surface area contributed by atoms with Gasteiger partial charge in [0, 0.05) is 12.6 Å². The van der Waals surface area contributed by atoms with Crippen molar-refractivity contribution >= 4 is 17.9 Å². The first kappa shape index (κ1) is 19.0. The quantitative estimate of drug-likeness (QED) is 0.776. The third kappa shape index (κ3) is 5.07. The summed E-state index contributed by atoms with van der Waals surface area (Å²) in [6.07, 6.45) is -1.26. The van der Waals surface area contributed by atoms with E-state index >= 15 is 0 Å². The Labute approximate surface area is 151 Å². The Morgan fingerprint density at radius 1 is 1.00 bits per heavy atom. The number of benzene rings is 2. The first-order valence-corrected chi connectivity index (χ1v) is 8.06. The number of ether oxygens (including phenoxy) is 2. The molecule has 26 heavy (non-hydrogen) atoms. The van der Waals surface area contributed by atoms with Crippen molar-refractivity contribution in [2.45, 2.75) is 13.0 Å². The molecule has 0 aromatic heterocycles. The number of carbonyl (C=O) groups excluding carboxylic acids is 3. The van der Waals surface area contributed by atoms with Gasteiger partial charge in [-0.2, -0.15) is 0 Å². The molecule has 0 spiro atoms. The second-order valence-corrected chi connectivity index (χ2v) is 5.22. The molecule has 0 aliphatic rings. The van der Waals surface area contributed by atoms with Crippen LogP contribution in [0.3, 0.4) is 0 Å². The molecule has 2 N–H and O–H groups in total.